The Morgan fingerprint density at radius 2 is 1.70 bits per heavy atom. The minimum absolute atomic E-state index is 0.111. The molecule has 114 valence electrons. The Labute approximate surface area is 120 Å². The Bertz CT molecular complexity index is 380. The van der Waals surface area contributed by atoms with E-state index in [9.17, 15) is 9.59 Å². The van der Waals surface area contributed by atoms with Crippen molar-refractivity contribution in [2.75, 3.05) is 26.2 Å². The summed E-state index contributed by atoms with van der Waals surface area (Å²) in [4.78, 5) is 27.3. The predicted octanol–water partition coefficient (Wildman–Crippen LogP) is 0.975. The number of carboxylic acids is 1. The fourth-order valence-corrected chi connectivity index (χ4v) is 2.62. The lowest BCUT2D eigenvalue weighted by Crippen LogP contribution is -2.58. The maximum Gasteiger partial charge on any atom is 0.326 e. The summed E-state index contributed by atoms with van der Waals surface area (Å²) in [6.07, 6.45) is 1.80. The number of piperazine rings is 1. The number of aliphatic carboxylic acids is 1. The topological polar surface area (TPSA) is 72.9 Å². The van der Waals surface area contributed by atoms with Gasteiger partial charge in [-0.05, 0) is 39.5 Å². The maximum atomic E-state index is 12.1. The highest BCUT2D eigenvalue weighted by Crippen LogP contribution is 2.32. The molecule has 2 amide bonds. The van der Waals surface area contributed by atoms with Crippen LogP contribution in [0.25, 0.3) is 0 Å². The molecule has 1 heterocycles. The molecule has 2 aliphatic rings. The molecule has 0 aromatic carbocycles. The molecule has 1 atom stereocenters. The SMILES string of the molecule is CC(C)(C)N1CCN(C(=O)NC(C(=O)O)C2CC2)CC1. The van der Waals surface area contributed by atoms with E-state index in [2.05, 4.69) is 31.0 Å². The van der Waals surface area contributed by atoms with E-state index < -0.39 is 12.0 Å². The highest BCUT2D eigenvalue weighted by atomic mass is 16.4. The number of carbonyl (C=O) groups is 2. The Morgan fingerprint density at radius 1 is 1.15 bits per heavy atom. The molecule has 2 fully saturated rings. The van der Waals surface area contributed by atoms with Crippen LogP contribution in [0.2, 0.25) is 0 Å². The Balaban J connectivity index is 1.84. The van der Waals surface area contributed by atoms with E-state index in [-0.39, 0.29) is 17.5 Å². The molecule has 0 bridgehead atoms. The largest absolute Gasteiger partial charge is 0.480 e. The summed E-state index contributed by atoms with van der Waals surface area (Å²) in [5, 5.41) is 11.8. The van der Waals surface area contributed by atoms with Crippen molar-refractivity contribution in [3.63, 3.8) is 0 Å². The average Bonchev–Trinajstić information content (AvgIpc) is 3.18. The van der Waals surface area contributed by atoms with Crippen molar-refractivity contribution < 1.29 is 14.7 Å². The quantitative estimate of drug-likeness (QED) is 0.809. The summed E-state index contributed by atoms with van der Waals surface area (Å²) in [5.41, 5.74) is 0.111. The molecule has 0 spiro atoms. The third kappa shape index (κ3) is 3.62. The molecular weight excluding hydrogens is 258 g/mol. The van der Waals surface area contributed by atoms with Crippen LogP contribution in [-0.4, -0.2) is 64.7 Å². The van der Waals surface area contributed by atoms with E-state index in [1.165, 1.54) is 0 Å². The minimum atomic E-state index is -0.922. The normalized spacial score (nSPS) is 22.4. The van der Waals surface area contributed by atoms with Gasteiger partial charge in [-0.1, -0.05) is 0 Å². The summed E-state index contributed by atoms with van der Waals surface area (Å²) < 4.78 is 0. The van der Waals surface area contributed by atoms with Crippen LogP contribution in [0, 0.1) is 5.92 Å². The first-order valence-corrected chi connectivity index (χ1v) is 7.32. The highest BCUT2D eigenvalue weighted by molar-refractivity contribution is 5.83. The molecule has 1 saturated heterocycles. The van der Waals surface area contributed by atoms with E-state index in [0.29, 0.717) is 13.1 Å². The molecule has 20 heavy (non-hydrogen) atoms. The van der Waals surface area contributed by atoms with Gasteiger partial charge in [-0.15, -0.1) is 0 Å². The van der Waals surface area contributed by atoms with Gasteiger partial charge in [0.1, 0.15) is 6.04 Å². The van der Waals surface area contributed by atoms with E-state index in [4.69, 9.17) is 5.11 Å². The van der Waals surface area contributed by atoms with Crippen LogP contribution in [0.15, 0.2) is 0 Å². The summed E-state index contributed by atoms with van der Waals surface area (Å²) >= 11 is 0. The third-order valence-corrected chi connectivity index (χ3v) is 4.15. The van der Waals surface area contributed by atoms with Crippen LogP contribution >= 0.6 is 0 Å². The van der Waals surface area contributed by atoms with Crippen molar-refractivity contribution in [2.24, 2.45) is 5.92 Å². The van der Waals surface area contributed by atoms with Crippen LogP contribution in [-0.2, 0) is 4.79 Å². The van der Waals surface area contributed by atoms with Gasteiger partial charge in [-0.2, -0.15) is 0 Å². The zero-order valence-electron chi connectivity index (χ0n) is 12.6. The van der Waals surface area contributed by atoms with Gasteiger partial charge in [-0.25, -0.2) is 9.59 Å². The second-order valence-corrected chi connectivity index (χ2v) is 6.75. The first-order valence-electron chi connectivity index (χ1n) is 7.32. The van der Waals surface area contributed by atoms with Crippen molar-refractivity contribution in [2.45, 2.75) is 45.2 Å². The maximum absolute atomic E-state index is 12.1. The second kappa shape index (κ2) is 5.60. The van der Waals surface area contributed by atoms with Gasteiger partial charge < -0.3 is 15.3 Å². The Morgan fingerprint density at radius 3 is 2.10 bits per heavy atom. The van der Waals surface area contributed by atoms with E-state index >= 15 is 0 Å². The molecule has 0 radical (unpaired) electrons. The van der Waals surface area contributed by atoms with E-state index in [1.54, 1.807) is 4.90 Å². The molecule has 0 aromatic heterocycles. The van der Waals surface area contributed by atoms with E-state index in [0.717, 1.165) is 25.9 Å². The summed E-state index contributed by atoms with van der Waals surface area (Å²) in [6, 6.07) is -0.957. The lowest BCUT2D eigenvalue weighted by Gasteiger charge is -2.42. The van der Waals surface area contributed by atoms with Crippen molar-refractivity contribution in [1.82, 2.24) is 15.1 Å². The molecule has 2 N–H and O–H groups in total. The number of nitrogens with zero attached hydrogens (tertiary/aromatic N) is 2. The average molecular weight is 283 g/mol. The van der Waals surface area contributed by atoms with Crippen LogP contribution in [0.1, 0.15) is 33.6 Å². The van der Waals surface area contributed by atoms with Gasteiger partial charge in [0.05, 0.1) is 0 Å². The first kappa shape index (κ1) is 15.1. The van der Waals surface area contributed by atoms with Crippen LogP contribution in [0.3, 0.4) is 0 Å². The van der Waals surface area contributed by atoms with Crippen LogP contribution < -0.4 is 5.32 Å². The van der Waals surface area contributed by atoms with Crippen molar-refractivity contribution in [3.05, 3.63) is 0 Å². The molecule has 6 heteroatoms. The van der Waals surface area contributed by atoms with Crippen molar-refractivity contribution in [3.8, 4) is 0 Å². The number of hydrogen-bond donors (Lipinski definition) is 2. The molecular formula is C14H25N3O3. The predicted molar refractivity (Wildman–Crippen MR) is 75.6 cm³/mol. The van der Waals surface area contributed by atoms with Gasteiger partial charge in [-0.3, -0.25) is 4.90 Å². The molecule has 1 saturated carbocycles. The number of carboxylic acid groups (broad SMARTS) is 1. The molecule has 0 aromatic rings. The monoisotopic (exact) mass is 283 g/mol. The first-order chi connectivity index (χ1) is 9.29. The van der Waals surface area contributed by atoms with Crippen molar-refractivity contribution in [1.29, 1.82) is 0 Å². The molecule has 1 unspecified atom stereocenters. The second-order valence-electron chi connectivity index (χ2n) is 6.75. The van der Waals surface area contributed by atoms with Crippen LogP contribution in [0.4, 0.5) is 4.79 Å². The smallest absolute Gasteiger partial charge is 0.326 e. The number of carbonyl (C=O) groups excluding carboxylic acids is 1. The Hall–Kier alpha value is -1.30. The van der Waals surface area contributed by atoms with E-state index in [1.807, 2.05) is 0 Å². The fourth-order valence-electron chi connectivity index (χ4n) is 2.62. The van der Waals surface area contributed by atoms with Gasteiger partial charge in [0.2, 0.25) is 0 Å². The molecule has 2 rings (SSSR count). The van der Waals surface area contributed by atoms with Gasteiger partial charge in [0.25, 0.3) is 0 Å². The molecule has 1 aliphatic carbocycles. The van der Waals surface area contributed by atoms with Gasteiger partial charge in [0.15, 0.2) is 0 Å². The minimum Gasteiger partial charge on any atom is -0.480 e. The summed E-state index contributed by atoms with van der Waals surface area (Å²) in [7, 11) is 0. The van der Waals surface area contributed by atoms with Gasteiger partial charge in [0, 0.05) is 31.7 Å². The molecule has 6 nitrogen and oxygen atoms in total. The lowest BCUT2D eigenvalue weighted by atomic mass is 10.1. The summed E-state index contributed by atoms with van der Waals surface area (Å²) in [6.45, 7) is 9.46. The number of hydrogen-bond acceptors (Lipinski definition) is 3. The third-order valence-electron chi connectivity index (χ3n) is 4.15. The molecule has 1 aliphatic heterocycles. The Kier molecular flexibility index (Phi) is 4.22. The number of nitrogens with one attached hydrogen (secondary N) is 1. The lowest BCUT2D eigenvalue weighted by molar-refractivity contribution is -0.139. The zero-order valence-corrected chi connectivity index (χ0v) is 12.6. The number of amides is 2. The summed E-state index contributed by atoms with van der Waals surface area (Å²) in [5.74, 6) is -0.804. The van der Waals surface area contributed by atoms with Gasteiger partial charge >= 0.3 is 12.0 Å². The standard InChI is InChI=1S/C14H25N3O3/c1-14(2,3)17-8-6-16(7-9-17)13(20)15-11(12(18)19)10-4-5-10/h10-11H,4-9H2,1-3H3,(H,15,20)(H,18,19). The van der Waals surface area contributed by atoms with Crippen molar-refractivity contribution >= 4 is 12.0 Å². The number of urea groups is 1. The highest BCUT2D eigenvalue weighted by Gasteiger charge is 2.38. The van der Waals surface area contributed by atoms with Crippen LogP contribution in [0.5, 0.6) is 0 Å². The fraction of sp³-hybridized carbons (Fsp3) is 0.857. The number of rotatable bonds is 3. The zero-order chi connectivity index (χ0) is 14.9.